The van der Waals surface area contributed by atoms with Crippen LogP contribution in [0, 0.1) is 6.92 Å². The summed E-state index contributed by atoms with van der Waals surface area (Å²) in [6.45, 7) is 2.16. The molecule has 0 spiro atoms. The van der Waals surface area contributed by atoms with E-state index < -0.39 is 0 Å². The first-order valence-corrected chi connectivity index (χ1v) is 8.69. The van der Waals surface area contributed by atoms with E-state index in [0.29, 0.717) is 5.92 Å². The van der Waals surface area contributed by atoms with Gasteiger partial charge in [0.25, 0.3) is 0 Å². The van der Waals surface area contributed by atoms with E-state index in [0.717, 1.165) is 0 Å². The van der Waals surface area contributed by atoms with Gasteiger partial charge in [-0.1, -0.05) is 24.3 Å². The number of fused-ring (bicyclic) bond motifs is 1. The predicted molar refractivity (Wildman–Crippen MR) is 87.5 cm³/mol. The highest BCUT2D eigenvalue weighted by Gasteiger charge is 2.29. The summed E-state index contributed by atoms with van der Waals surface area (Å²) in [6.07, 6.45) is 3.63. The highest BCUT2D eigenvalue weighted by Crippen LogP contribution is 2.46. The van der Waals surface area contributed by atoms with Gasteiger partial charge in [-0.3, -0.25) is 0 Å². The number of benzene rings is 1. The second-order valence-electron chi connectivity index (χ2n) is 5.16. The number of thiophene rings is 1. The van der Waals surface area contributed by atoms with Gasteiger partial charge in [0.2, 0.25) is 0 Å². The van der Waals surface area contributed by atoms with Crippen molar-refractivity contribution in [1.29, 1.82) is 0 Å². The molecule has 0 amide bonds. The van der Waals surface area contributed by atoms with Crippen LogP contribution >= 0.6 is 38.9 Å². The van der Waals surface area contributed by atoms with E-state index >= 15 is 0 Å². The standard InChI is InChI=1S/C16H16BrClS/c1-10-14(9-15(17)19-10)16(18)13-8-4-6-11-5-2-3-7-12(11)13/h2-3,5,7,9,13,16H,4,6,8H2,1H3. The van der Waals surface area contributed by atoms with Crippen LogP contribution in [0.15, 0.2) is 34.1 Å². The lowest BCUT2D eigenvalue weighted by atomic mass is 9.79. The summed E-state index contributed by atoms with van der Waals surface area (Å²) in [6, 6.07) is 11.0. The minimum atomic E-state index is 0.0870. The molecule has 0 radical (unpaired) electrons. The van der Waals surface area contributed by atoms with E-state index in [9.17, 15) is 0 Å². The Labute approximate surface area is 131 Å². The maximum atomic E-state index is 6.82. The fourth-order valence-corrected chi connectivity index (χ4v) is 5.35. The Morgan fingerprint density at radius 3 is 2.89 bits per heavy atom. The zero-order valence-electron chi connectivity index (χ0n) is 10.8. The van der Waals surface area contributed by atoms with Crippen molar-refractivity contribution in [1.82, 2.24) is 0 Å². The van der Waals surface area contributed by atoms with Crippen molar-refractivity contribution in [3.05, 3.63) is 55.7 Å². The second-order valence-corrected chi connectivity index (χ2v) is 8.27. The highest BCUT2D eigenvalue weighted by atomic mass is 79.9. The maximum Gasteiger partial charge on any atom is 0.0704 e. The summed E-state index contributed by atoms with van der Waals surface area (Å²) in [7, 11) is 0. The Kier molecular flexibility index (Phi) is 4.02. The Bertz CT molecular complexity index is 590. The third-order valence-corrected chi connectivity index (χ3v) is 6.10. The summed E-state index contributed by atoms with van der Waals surface area (Å²) in [4.78, 5) is 1.33. The smallest absolute Gasteiger partial charge is 0.0704 e. The fraction of sp³-hybridized carbons (Fsp3) is 0.375. The van der Waals surface area contributed by atoms with Crippen LogP contribution in [0.4, 0.5) is 0 Å². The lowest BCUT2D eigenvalue weighted by Crippen LogP contribution is -2.14. The van der Waals surface area contributed by atoms with Crippen molar-refractivity contribution in [3.8, 4) is 0 Å². The molecule has 100 valence electrons. The predicted octanol–water partition coefficient (Wildman–Crippen LogP) is 6.22. The fourth-order valence-electron chi connectivity index (χ4n) is 3.04. The molecule has 0 nitrogen and oxygen atoms in total. The highest BCUT2D eigenvalue weighted by molar-refractivity contribution is 9.11. The van der Waals surface area contributed by atoms with Crippen LogP contribution in [0.2, 0.25) is 0 Å². The molecule has 2 aromatic rings. The molecule has 0 fully saturated rings. The molecule has 1 aromatic carbocycles. The Morgan fingerprint density at radius 2 is 2.16 bits per heavy atom. The van der Waals surface area contributed by atoms with Crippen LogP contribution in [-0.4, -0.2) is 0 Å². The average Bonchev–Trinajstić information content (AvgIpc) is 2.76. The first kappa shape index (κ1) is 13.7. The van der Waals surface area contributed by atoms with Gasteiger partial charge in [-0.25, -0.2) is 0 Å². The number of hydrogen-bond donors (Lipinski definition) is 0. The zero-order valence-corrected chi connectivity index (χ0v) is 14.0. The Balaban J connectivity index is 1.97. The Morgan fingerprint density at radius 1 is 1.37 bits per heavy atom. The molecule has 1 aliphatic rings. The van der Waals surface area contributed by atoms with Crippen molar-refractivity contribution in [2.75, 3.05) is 0 Å². The van der Waals surface area contributed by atoms with Crippen molar-refractivity contribution >= 4 is 38.9 Å². The molecule has 19 heavy (non-hydrogen) atoms. The molecule has 0 aliphatic heterocycles. The van der Waals surface area contributed by atoms with E-state index in [1.807, 2.05) is 0 Å². The van der Waals surface area contributed by atoms with Crippen LogP contribution in [0.3, 0.4) is 0 Å². The molecule has 2 unspecified atom stereocenters. The van der Waals surface area contributed by atoms with E-state index in [1.54, 1.807) is 11.3 Å². The summed E-state index contributed by atoms with van der Waals surface area (Å²) >= 11 is 12.2. The molecule has 1 aliphatic carbocycles. The molecule has 2 atom stereocenters. The lowest BCUT2D eigenvalue weighted by Gasteiger charge is -2.29. The van der Waals surface area contributed by atoms with Gasteiger partial charge in [-0.05, 0) is 64.9 Å². The molecular weight excluding hydrogens is 340 g/mol. The van der Waals surface area contributed by atoms with Gasteiger partial charge in [0.15, 0.2) is 0 Å². The van der Waals surface area contributed by atoms with Crippen LogP contribution in [0.1, 0.15) is 45.7 Å². The summed E-state index contributed by atoms with van der Waals surface area (Å²) < 4.78 is 1.18. The summed E-state index contributed by atoms with van der Waals surface area (Å²) in [5, 5.41) is 0.0870. The summed E-state index contributed by atoms with van der Waals surface area (Å²) in [5.41, 5.74) is 4.23. The molecular formula is C16H16BrClS. The summed E-state index contributed by atoms with van der Waals surface area (Å²) in [5.74, 6) is 0.451. The van der Waals surface area contributed by atoms with Crippen LogP contribution in [-0.2, 0) is 6.42 Å². The molecule has 0 N–H and O–H groups in total. The van der Waals surface area contributed by atoms with Gasteiger partial charge >= 0.3 is 0 Å². The number of rotatable bonds is 2. The van der Waals surface area contributed by atoms with Gasteiger partial charge in [0.05, 0.1) is 9.16 Å². The normalized spacial score (nSPS) is 20.1. The van der Waals surface area contributed by atoms with Crippen molar-refractivity contribution in [2.45, 2.75) is 37.5 Å². The topological polar surface area (TPSA) is 0 Å². The lowest BCUT2D eigenvalue weighted by molar-refractivity contribution is 0.538. The monoisotopic (exact) mass is 354 g/mol. The van der Waals surface area contributed by atoms with Gasteiger partial charge in [-0.15, -0.1) is 22.9 Å². The first-order chi connectivity index (χ1) is 9.16. The van der Waals surface area contributed by atoms with Crippen LogP contribution in [0.5, 0.6) is 0 Å². The number of alkyl halides is 1. The number of hydrogen-bond acceptors (Lipinski definition) is 1. The minimum Gasteiger partial charge on any atom is -0.133 e. The average molecular weight is 356 g/mol. The molecule has 3 rings (SSSR count). The SMILES string of the molecule is Cc1sc(Br)cc1C(Cl)C1CCCc2ccccc21. The molecule has 1 heterocycles. The molecule has 0 bridgehead atoms. The van der Waals surface area contributed by atoms with Gasteiger partial charge < -0.3 is 0 Å². The van der Waals surface area contributed by atoms with E-state index in [2.05, 4.69) is 53.2 Å². The quantitative estimate of drug-likeness (QED) is 0.561. The van der Waals surface area contributed by atoms with E-state index in [4.69, 9.17) is 11.6 Å². The molecule has 1 aromatic heterocycles. The largest absolute Gasteiger partial charge is 0.133 e. The first-order valence-electron chi connectivity index (χ1n) is 6.64. The van der Waals surface area contributed by atoms with Crippen LogP contribution < -0.4 is 0 Å². The van der Waals surface area contributed by atoms with Gasteiger partial charge in [0.1, 0.15) is 0 Å². The van der Waals surface area contributed by atoms with E-state index in [1.165, 1.54) is 44.6 Å². The second kappa shape index (κ2) is 5.59. The molecule has 0 saturated carbocycles. The third kappa shape index (κ3) is 2.63. The van der Waals surface area contributed by atoms with Crippen molar-refractivity contribution in [2.24, 2.45) is 0 Å². The molecule has 0 saturated heterocycles. The number of halogens is 2. The van der Waals surface area contributed by atoms with Gasteiger partial charge in [0, 0.05) is 10.8 Å². The van der Waals surface area contributed by atoms with Crippen LogP contribution in [0.25, 0.3) is 0 Å². The number of aryl methyl sites for hydroxylation is 2. The Hall–Kier alpha value is -0.310. The van der Waals surface area contributed by atoms with Crippen molar-refractivity contribution in [3.63, 3.8) is 0 Å². The molecule has 3 heteroatoms. The zero-order chi connectivity index (χ0) is 13.4. The van der Waals surface area contributed by atoms with E-state index in [-0.39, 0.29) is 5.38 Å². The minimum absolute atomic E-state index is 0.0870. The third-order valence-electron chi connectivity index (χ3n) is 3.99. The van der Waals surface area contributed by atoms with Gasteiger partial charge in [-0.2, -0.15) is 0 Å². The maximum absolute atomic E-state index is 6.82. The van der Waals surface area contributed by atoms with Crippen molar-refractivity contribution < 1.29 is 0 Å².